The van der Waals surface area contributed by atoms with E-state index in [1.807, 2.05) is 48.5 Å². The zero-order valence-electron chi connectivity index (χ0n) is 15.3. The van der Waals surface area contributed by atoms with Gasteiger partial charge in [0.1, 0.15) is 11.5 Å². The molecule has 2 aromatic carbocycles. The van der Waals surface area contributed by atoms with E-state index in [0.717, 1.165) is 16.9 Å². The molecule has 0 aliphatic carbocycles. The van der Waals surface area contributed by atoms with Gasteiger partial charge >= 0.3 is 0 Å². The number of nitrogens with zero attached hydrogens (tertiary/aromatic N) is 2. The molecule has 1 aromatic heterocycles. The summed E-state index contributed by atoms with van der Waals surface area (Å²) in [6.45, 7) is 0.457. The molecule has 0 saturated carbocycles. The predicted octanol–water partition coefficient (Wildman–Crippen LogP) is 3.00. The lowest BCUT2D eigenvalue weighted by atomic mass is 10.2. The molecule has 1 N–H and O–H groups in total. The van der Waals surface area contributed by atoms with E-state index >= 15 is 0 Å². The number of rotatable bonds is 8. The van der Waals surface area contributed by atoms with Crippen LogP contribution in [0.4, 0.5) is 0 Å². The third-order valence-electron chi connectivity index (χ3n) is 4.03. The second-order valence-electron chi connectivity index (χ2n) is 5.84. The Morgan fingerprint density at radius 2 is 1.85 bits per heavy atom. The summed E-state index contributed by atoms with van der Waals surface area (Å²) >= 11 is 0. The zero-order valence-corrected chi connectivity index (χ0v) is 15.3. The molecule has 3 aromatic rings. The Morgan fingerprint density at radius 1 is 1.07 bits per heavy atom. The van der Waals surface area contributed by atoms with Gasteiger partial charge in [-0.15, -0.1) is 0 Å². The topological polar surface area (TPSA) is 86.5 Å². The summed E-state index contributed by atoms with van der Waals surface area (Å²) in [5.41, 5.74) is 1.75. The second-order valence-corrected chi connectivity index (χ2v) is 5.84. The van der Waals surface area contributed by atoms with Gasteiger partial charge in [0.25, 0.3) is 0 Å². The van der Waals surface area contributed by atoms with Crippen LogP contribution in [0.5, 0.6) is 11.5 Å². The highest BCUT2D eigenvalue weighted by Crippen LogP contribution is 2.27. The Hall–Kier alpha value is -3.35. The summed E-state index contributed by atoms with van der Waals surface area (Å²) < 4.78 is 15.7. The lowest BCUT2D eigenvalue weighted by Crippen LogP contribution is -2.23. The van der Waals surface area contributed by atoms with Crippen LogP contribution in [0.3, 0.4) is 0 Å². The molecular formula is C20H21N3O4. The van der Waals surface area contributed by atoms with E-state index in [9.17, 15) is 4.79 Å². The van der Waals surface area contributed by atoms with Gasteiger partial charge in [-0.3, -0.25) is 4.79 Å². The largest absolute Gasteiger partial charge is 0.497 e. The van der Waals surface area contributed by atoms with Crippen LogP contribution in [0.15, 0.2) is 53.1 Å². The number of carbonyl (C=O) groups excluding carboxylic acids is 1. The number of nitrogens with one attached hydrogen (secondary N) is 1. The minimum absolute atomic E-state index is 0.0807. The van der Waals surface area contributed by atoms with Crippen LogP contribution < -0.4 is 14.8 Å². The molecule has 140 valence electrons. The molecule has 0 spiro atoms. The summed E-state index contributed by atoms with van der Waals surface area (Å²) in [7, 11) is 3.21. The molecule has 0 aliphatic rings. The van der Waals surface area contributed by atoms with Crippen molar-refractivity contribution in [1.82, 2.24) is 15.5 Å². The van der Waals surface area contributed by atoms with Crippen molar-refractivity contribution in [3.63, 3.8) is 0 Å². The van der Waals surface area contributed by atoms with E-state index < -0.39 is 0 Å². The molecule has 1 amide bonds. The van der Waals surface area contributed by atoms with Gasteiger partial charge in [-0.2, -0.15) is 4.98 Å². The molecule has 0 radical (unpaired) electrons. The minimum Gasteiger partial charge on any atom is -0.497 e. The molecule has 27 heavy (non-hydrogen) atoms. The van der Waals surface area contributed by atoms with Crippen molar-refractivity contribution in [2.24, 2.45) is 0 Å². The van der Waals surface area contributed by atoms with Gasteiger partial charge in [-0.25, -0.2) is 0 Å². The Labute approximate surface area is 157 Å². The number of methoxy groups -OCH3 is 2. The molecule has 0 saturated heterocycles. The van der Waals surface area contributed by atoms with E-state index in [0.29, 0.717) is 30.4 Å². The second kappa shape index (κ2) is 8.84. The van der Waals surface area contributed by atoms with Crippen LogP contribution in [0.25, 0.3) is 11.4 Å². The first-order chi connectivity index (χ1) is 13.2. The lowest BCUT2D eigenvalue weighted by Gasteiger charge is -2.05. The Morgan fingerprint density at radius 3 is 2.59 bits per heavy atom. The van der Waals surface area contributed by atoms with Gasteiger partial charge in [-0.05, 0) is 29.8 Å². The maximum atomic E-state index is 12.0. The highest BCUT2D eigenvalue weighted by atomic mass is 16.5. The molecular weight excluding hydrogens is 346 g/mol. The van der Waals surface area contributed by atoms with E-state index in [1.165, 1.54) is 0 Å². The van der Waals surface area contributed by atoms with Crippen molar-refractivity contribution in [3.05, 3.63) is 60.0 Å². The quantitative estimate of drug-likeness (QED) is 0.659. The van der Waals surface area contributed by atoms with Gasteiger partial charge in [0.05, 0.1) is 19.8 Å². The SMILES string of the molecule is COc1ccc(CNC(=O)CCc2nc(-c3ccccc3OC)no2)cc1. The number of hydrogen-bond donors (Lipinski definition) is 1. The van der Waals surface area contributed by atoms with Crippen molar-refractivity contribution in [1.29, 1.82) is 0 Å². The minimum atomic E-state index is -0.0807. The Bertz CT molecular complexity index is 890. The van der Waals surface area contributed by atoms with Gasteiger partial charge in [0.15, 0.2) is 0 Å². The summed E-state index contributed by atoms with van der Waals surface area (Å²) in [5, 5.41) is 6.85. The fourth-order valence-corrected chi connectivity index (χ4v) is 2.55. The smallest absolute Gasteiger partial charge is 0.227 e. The first-order valence-corrected chi connectivity index (χ1v) is 8.55. The average Bonchev–Trinajstić information content (AvgIpc) is 3.20. The summed E-state index contributed by atoms with van der Waals surface area (Å²) in [6, 6.07) is 15.0. The van der Waals surface area contributed by atoms with Gasteiger partial charge in [0.2, 0.25) is 17.6 Å². The number of aromatic nitrogens is 2. The number of carbonyl (C=O) groups is 1. The molecule has 0 bridgehead atoms. The van der Waals surface area contributed by atoms with Gasteiger partial charge in [-0.1, -0.05) is 29.4 Å². The van der Waals surface area contributed by atoms with E-state index in [1.54, 1.807) is 14.2 Å². The first kappa shape index (κ1) is 18.4. The monoisotopic (exact) mass is 367 g/mol. The molecule has 0 aliphatic heterocycles. The van der Waals surface area contributed by atoms with E-state index in [2.05, 4.69) is 15.5 Å². The highest BCUT2D eigenvalue weighted by molar-refractivity contribution is 5.76. The zero-order chi connectivity index (χ0) is 19.1. The summed E-state index contributed by atoms with van der Waals surface area (Å²) in [4.78, 5) is 16.4. The lowest BCUT2D eigenvalue weighted by molar-refractivity contribution is -0.121. The number of amides is 1. The number of aryl methyl sites for hydroxylation is 1. The average molecular weight is 367 g/mol. The summed E-state index contributed by atoms with van der Waals surface area (Å²) in [6.07, 6.45) is 0.639. The molecule has 7 nitrogen and oxygen atoms in total. The van der Waals surface area contributed by atoms with Crippen LogP contribution >= 0.6 is 0 Å². The molecule has 3 rings (SSSR count). The fraction of sp³-hybridized carbons (Fsp3) is 0.250. The Balaban J connectivity index is 1.51. The standard InChI is InChI=1S/C20H21N3O4/c1-25-15-9-7-14(8-10-15)13-21-18(24)11-12-19-22-20(23-27-19)16-5-3-4-6-17(16)26-2/h3-10H,11-13H2,1-2H3,(H,21,24). The van der Waals surface area contributed by atoms with E-state index in [4.69, 9.17) is 14.0 Å². The first-order valence-electron chi connectivity index (χ1n) is 8.55. The normalized spacial score (nSPS) is 10.4. The van der Waals surface area contributed by atoms with Crippen molar-refractivity contribution in [3.8, 4) is 22.9 Å². The number of benzene rings is 2. The van der Waals surface area contributed by atoms with Gasteiger partial charge in [0, 0.05) is 19.4 Å². The van der Waals surface area contributed by atoms with Crippen LogP contribution in [0.1, 0.15) is 17.9 Å². The van der Waals surface area contributed by atoms with Crippen LogP contribution in [-0.4, -0.2) is 30.3 Å². The van der Waals surface area contributed by atoms with Crippen LogP contribution in [0, 0.1) is 0 Å². The van der Waals surface area contributed by atoms with Crippen molar-refractivity contribution >= 4 is 5.91 Å². The van der Waals surface area contributed by atoms with Crippen molar-refractivity contribution in [2.75, 3.05) is 14.2 Å². The molecule has 1 heterocycles. The number of ether oxygens (including phenoxy) is 2. The maximum Gasteiger partial charge on any atom is 0.227 e. The molecule has 0 unspecified atom stereocenters. The highest BCUT2D eigenvalue weighted by Gasteiger charge is 2.13. The predicted molar refractivity (Wildman–Crippen MR) is 99.4 cm³/mol. The molecule has 7 heteroatoms. The van der Waals surface area contributed by atoms with Gasteiger partial charge < -0.3 is 19.3 Å². The summed E-state index contributed by atoms with van der Waals surface area (Å²) in [5.74, 6) is 2.23. The van der Waals surface area contributed by atoms with Crippen LogP contribution in [0.2, 0.25) is 0 Å². The fourth-order valence-electron chi connectivity index (χ4n) is 2.55. The van der Waals surface area contributed by atoms with E-state index in [-0.39, 0.29) is 12.3 Å². The number of para-hydroxylation sites is 1. The van der Waals surface area contributed by atoms with Crippen molar-refractivity contribution in [2.45, 2.75) is 19.4 Å². The third-order valence-corrected chi connectivity index (χ3v) is 4.03. The van der Waals surface area contributed by atoms with Crippen molar-refractivity contribution < 1.29 is 18.8 Å². The molecule has 0 atom stereocenters. The van der Waals surface area contributed by atoms with Crippen LogP contribution in [-0.2, 0) is 17.8 Å². The number of hydrogen-bond acceptors (Lipinski definition) is 6. The molecule has 0 fully saturated rings. The Kier molecular flexibility index (Phi) is 6.04. The third kappa shape index (κ3) is 4.84. The maximum absolute atomic E-state index is 12.0.